The summed E-state index contributed by atoms with van der Waals surface area (Å²) in [5, 5.41) is 2.79. The van der Waals surface area contributed by atoms with Crippen LogP contribution in [0.3, 0.4) is 0 Å². The van der Waals surface area contributed by atoms with Crippen LogP contribution in [0.2, 0.25) is 0 Å². The maximum atomic E-state index is 14.0. The van der Waals surface area contributed by atoms with Gasteiger partial charge in [0.15, 0.2) is 21.3 Å². The Bertz CT molecular complexity index is 1810. The first-order valence-corrected chi connectivity index (χ1v) is 16.4. The molecule has 240 valence electrons. The fourth-order valence-electron chi connectivity index (χ4n) is 5.29. The van der Waals surface area contributed by atoms with Crippen LogP contribution in [-0.2, 0) is 16.4 Å². The summed E-state index contributed by atoms with van der Waals surface area (Å²) in [7, 11) is -1.96. The number of pyridine rings is 1. The zero-order valence-electron chi connectivity index (χ0n) is 25.4. The largest absolute Gasteiger partial charge is 0.493 e. The molecule has 0 aliphatic carbocycles. The molecule has 0 radical (unpaired) electrons. The van der Waals surface area contributed by atoms with E-state index in [-0.39, 0.29) is 27.9 Å². The number of benzene rings is 3. The number of primary amides is 1. The molecule has 0 saturated carbocycles. The molecule has 0 bridgehead atoms. The number of sulfone groups is 1. The summed E-state index contributed by atoms with van der Waals surface area (Å²) >= 11 is 0. The zero-order valence-corrected chi connectivity index (χ0v) is 26.2. The molecule has 11 nitrogen and oxygen atoms in total. The van der Waals surface area contributed by atoms with E-state index >= 15 is 0 Å². The number of hydrogen-bond acceptors (Lipinski definition) is 8. The van der Waals surface area contributed by atoms with Gasteiger partial charge in [0.25, 0.3) is 5.91 Å². The van der Waals surface area contributed by atoms with E-state index in [1.165, 1.54) is 37.4 Å². The first-order chi connectivity index (χ1) is 22.0. The van der Waals surface area contributed by atoms with Crippen molar-refractivity contribution in [3.63, 3.8) is 0 Å². The number of nitrogens with two attached hydrogens (primary N) is 1. The Morgan fingerprint density at radius 3 is 2.39 bits per heavy atom. The standard InChI is InChI=1S/C33H34FN5O6S/c1-44-30-19-26(46(2,42)43)10-12-29(30)45-31-13-8-22(20-36-31)21-38-16-14-25(15-17-38)39(24-6-4-3-5-7-24)33(41)37-23-9-11-28(34)27(18-23)32(35)40/h3-13,18-20,25H,14-17,21H2,1-2H3,(H2,35,40)(H,37,41). The molecule has 0 spiro atoms. The quantitative estimate of drug-likeness (QED) is 0.238. The highest BCUT2D eigenvalue weighted by Gasteiger charge is 2.29. The number of para-hydroxylation sites is 1. The highest BCUT2D eigenvalue weighted by Crippen LogP contribution is 2.33. The third-order valence-corrected chi connectivity index (χ3v) is 8.75. The minimum Gasteiger partial charge on any atom is -0.493 e. The first kappa shape index (κ1) is 32.4. The number of aromatic nitrogens is 1. The number of nitrogens with zero attached hydrogens (tertiary/aromatic N) is 3. The summed E-state index contributed by atoms with van der Waals surface area (Å²) in [6, 6.07) is 20.6. The Kier molecular flexibility index (Phi) is 9.83. The van der Waals surface area contributed by atoms with Crippen LogP contribution in [0, 0.1) is 5.82 Å². The lowest BCUT2D eigenvalue weighted by atomic mass is 10.0. The van der Waals surface area contributed by atoms with Crippen molar-refractivity contribution in [2.45, 2.75) is 30.3 Å². The van der Waals surface area contributed by atoms with Crippen molar-refractivity contribution in [2.75, 3.05) is 36.7 Å². The number of methoxy groups -OCH3 is 1. The second-order valence-electron chi connectivity index (χ2n) is 10.9. The summed E-state index contributed by atoms with van der Waals surface area (Å²) in [6.45, 7) is 2.10. The molecule has 13 heteroatoms. The number of ether oxygens (including phenoxy) is 2. The van der Waals surface area contributed by atoms with Crippen LogP contribution in [0.4, 0.5) is 20.6 Å². The minimum atomic E-state index is -3.39. The number of likely N-dealkylation sites (tertiary alicyclic amines) is 1. The van der Waals surface area contributed by atoms with Gasteiger partial charge in [0.2, 0.25) is 5.88 Å². The van der Waals surface area contributed by atoms with Crippen LogP contribution in [0.5, 0.6) is 17.4 Å². The Labute approximate surface area is 266 Å². The highest BCUT2D eigenvalue weighted by molar-refractivity contribution is 7.90. The van der Waals surface area contributed by atoms with E-state index in [9.17, 15) is 22.4 Å². The van der Waals surface area contributed by atoms with Crippen molar-refractivity contribution in [1.29, 1.82) is 0 Å². The fourth-order valence-corrected chi connectivity index (χ4v) is 5.93. The highest BCUT2D eigenvalue weighted by atomic mass is 32.2. The monoisotopic (exact) mass is 647 g/mol. The van der Waals surface area contributed by atoms with Gasteiger partial charge in [-0.1, -0.05) is 24.3 Å². The number of hydrogen-bond donors (Lipinski definition) is 2. The molecule has 1 fully saturated rings. The second-order valence-corrected chi connectivity index (χ2v) is 12.9. The van der Waals surface area contributed by atoms with Gasteiger partial charge < -0.3 is 20.5 Å². The van der Waals surface area contributed by atoms with Crippen LogP contribution in [-0.4, -0.2) is 62.7 Å². The number of anilines is 2. The lowest BCUT2D eigenvalue weighted by Gasteiger charge is -2.38. The van der Waals surface area contributed by atoms with Gasteiger partial charge in [-0.2, -0.15) is 0 Å². The molecular weight excluding hydrogens is 613 g/mol. The molecule has 3 aromatic carbocycles. The molecule has 4 aromatic rings. The lowest BCUT2D eigenvalue weighted by molar-refractivity contribution is 0.0996. The van der Waals surface area contributed by atoms with Crippen LogP contribution in [0.15, 0.2) is 90.0 Å². The van der Waals surface area contributed by atoms with Gasteiger partial charge in [0.1, 0.15) is 5.82 Å². The van der Waals surface area contributed by atoms with Gasteiger partial charge >= 0.3 is 6.03 Å². The molecule has 3 N–H and O–H groups in total. The molecule has 0 unspecified atom stereocenters. The second kappa shape index (κ2) is 14.0. The summed E-state index contributed by atoms with van der Waals surface area (Å²) in [5.74, 6) is -0.710. The number of nitrogens with one attached hydrogen (secondary N) is 1. The first-order valence-electron chi connectivity index (χ1n) is 14.5. The molecule has 1 aliphatic rings. The Morgan fingerprint density at radius 2 is 1.76 bits per heavy atom. The van der Waals surface area contributed by atoms with Gasteiger partial charge in [-0.3, -0.25) is 14.6 Å². The number of carbonyl (C=O) groups is 2. The third-order valence-electron chi connectivity index (χ3n) is 7.64. The van der Waals surface area contributed by atoms with E-state index in [2.05, 4.69) is 15.2 Å². The predicted octanol–water partition coefficient (Wildman–Crippen LogP) is 5.23. The summed E-state index contributed by atoms with van der Waals surface area (Å²) < 4.78 is 48.9. The average Bonchev–Trinajstić information content (AvgIpc) is 3.04. The number of halogens is 1. The smallest absolute Gasteiger partial charge is 0.326 e. The number of carbonyl (C=O) groups excluding carboxylic acids is 2. The SMILES string of the molecule is COc1cc(S(C)(=O)=O)ccc1Oc1ccc(CN2CCC(N(C(=O)Nc3ccc(F)c(C(N)=O)c3)c3ccccc3)CC2)cn1. The van der Waals surface area contributed by atoms with Gasteiger partial charge in [-0.25, -0.2) is 22.6 Å². The van der Waals surface area contributed by atoms with E-state index in [4.69, 9.17) is 15.2 Å². The molecule has 0 atom stereocenters. The predicted molar refractivity (Wildman–Crippen MR) is 172 cm³/mol. The number of urea groups is 1. The van der Waals surface area contributed by atoms with E-state index in [0.717, 1.165) is 36.7 Å². The Hall–Kier alpha value is -5.01. The van der Waals surface area contributed by atoms with Gasteiger partial charge in [0.05, 0.1) is 17.6 Å². The number of piperidine rings is 1. The molecule has 1 saturated heterocycles. The maximum Gasteiger partial charge on any atom is 0.326 e. The topological polar surface area (TPSA) is 144 Å². The molecule has 46 heavy (non-hydrogen) atoms. The maximum absolute atomic E-state index is 14.0. The van der Waals surface area contributed by atoms with Crippen molar-refractivity contribution in [1.82, 2.24) is 9.88 Å². The van der Waals surface area contributed by atoms with Crippen molar-refractivity contribution in [2.24, 2.45) is 5.73 Å². The summed E-state index contributed by atoms with van der Waals surface area (Å²) in [5.41, 5.74) is 6.94. The zero-order chi connectivity index (χ0) is 32.8. The van der Waals surface area contributed by atoms with Crippen molar-refractivity contribution >= 4 is 33.2 Å². The van der Waals surface area contributed by atoms with Gasteiger partial charge in [0, 0.05) is 61.6 Å². The van der Waals surface area contributed by atoms with Crippen molar-refractivity contribution in [3.05, 3.63) is 102 Å². The van der Waals surface area contributed by atoms with E-state index < -0.39 is 27.6 Å². The average molecular weight is 648 g/mol. The normalized spacial score (nSPS) is 14.0. The summed E-state index contributed by atoms with van der Waals surface area (Å²) in [4.78, 5) is 33.7. The number of rotatable bonds is 10. The molecular formula is C33H34FN5O6S. The Balaban J connectivity index is 1.21. The van der Waals surface area contributed by atoms with Crippen LogP contribution < -0.4 is 25.4 Å². The molecule has 5 rings (SSSR count). The Morgan fingerprint density at radius 1 is 1.02 bits per heavy atom. The van der Waals surface area contributed by atoms with Gasteiger partial charge in [-0.15, -0.1) is 0 Å². The molecule has 2 heterocycles. The van der Waals surface area contributed by atoms with E-state index in [1.54, 1.807) is 17.2 Å². The van der Waals surface area contributed by atoms with Crippen molar-refractivity contribution in [3.8, 4) is 17.4 Å². The van der Waals surface area contributed by atoms with Crippen LogP contribution in [0.25, 0.3) is 0 Å². The minimum absolute atomic E-state index is 0.104. The third kappa shape index (κ3) is 7.79. The van der Waals surface area contributed by atoms with Crippen LogP contribution in [0.1, 0.15) is 28.8 Å². The number of amides is 3. The van der Waals surface area contributed by atoms with E-state index in [1.807, 2.05) is 36.4 Å². The van der Waals surface area contributed by atoms with Crippen molar-refractivity contribution < 1.29 is 31.9 Å². The molecule has 1 aromatic heterocycles. The molecule has 1 aliphatic heterocycles. The fraction of sp³-hybridized carbons (Fsp3) is 0.242. The lowest BCUT2D eigenvalue weighted by Crippen LogP contribution is -2.49. The van der Waals surface area contributed by atoms with Gasteiger partial charge in [-0.05, 0) is 60.9 Å². The van der Waals surface area contributed by atoms with E-state index in [0.29, 0.717) is 31.0 Å². The van der Waals surface area contributed by atoms with Crippen LogP contribution >= 0.6 is 0 Å². The summed E-state index contributed by atoms with van der Waals surface area (Å²) in [6.07, 6.45) is 4.26. The molecule has 3 amide bonds.